The van der Waals surface area contributed by atoms with Gasteiger partial charge in [0.2, 0.25) is 0 Å². The number of para-hydroxylation sites is 1. The van der Waals surface area contributed by atoms with Crippen LogP contribution in [-0.2, 0) is 6.42 Å². The van der Waals surface area contributed by atoms with E-state index in [0.29, 0.717) is 5.69 Å². The number of anilines is 1. The SMILES string of the molecule is Fc1ccccc1-n1nc(-c2ccccc2)c2c1NCC2. The first kappa shape index (κ1) is 12.1. The standard InChI is InChI=1S/C17H14FN3/c18-14-8-4-5-9-15(14)21-17-13(10-11-19-17)16(20-21)12-6-2-1-3-7-12/h1-9,19H,10-11H2. The van der Waals surface area contributed by atoms with Gasteiger partial charge in [-0.15, -0.1) is 0 Å². The molecule has 0 amide bonds. The zero-order valence-electron chi connectivity index (χ0n) is 11.4. The van der Waals surface area contributed by atoms with E-state index in [-0.39, 0.29) is 5.82 Å². The van der Waals surface area contributed by atoms with Crippen LogP contribution in [0.4, 0.5) is 10.2 Å². The van der Waals surface area contributed by atoms with Gasteiger partial charge in [-0.2, -0.15) is 5.10 Å². The predicted octanol–water partition coefficient (Wildman–Crippen LogP) is 3.65. The molecule has 3 nitrogen and oxygen atoms in total. The lowest BCUT2D eigenvalue weighted by molar-refractivity contribution is 0.612. The minimum Gasteiger partial charge on any atom is -0.369 e. The summed E-state index contributed by atoms with van der Waals surface area (Å²) in [5, 5.41) is 7.97. The van der Waals surface area contributed by atoms with Crippen LogP contribution in [0, 0.1) is 5.82 Å². The lowest BCUT2D eigenvalue weighted by atomic mass is 10.1. The summed E-state index contributed by atoms with van der Waals surface area (Å²) in [6.45, 7) is 0.863. The molecule has 1 aliphatic heterocycles. The average molecular weight is 279 g/mol. The molecule has 0 fully saturated rings. The summed E-state index contributed by atoms with van der Waals surface area (Å²) in [4.78, 5) is 0. The third-order valence-corrected chi connectivity index (χ3v) is 3.78. The smallest absolute Gasteiger partial charge is 0.148 e. The van der Waals surface area contributed by atoms with Crippen LogP contribution in [-0.4, -0.2) is 16.3 Å². The number of fused-ring (bicyclic) bond motifs is 1. The van der Waals surface area contributed by atoms with Crippen LogP contribution in [0.1, 0.15) is 5.56 Å². The van der Waals surface area contributed by atoms with Crippen LogP contribution in [0.25, 0.3) is 16.9 Å². The summed E-state index contributed by atoms with van der Waals surface area (Å²) in [7, 11) is 0. The van der Waals surface area contributed by atoms with Gasteiger partial charge in [0.1, 0.15) is 17.3 Å². The Morgan fingerprint density at radius 1 is 1.00 bits per heavy atom. The minimum atomic E-state index is -0.267. The van der Waals surface area contributed by atoms with Gasteiger partial charge >= 0.3 is 0 Å². The third kappa shape index (κ3) is 1.91. The van der Waals surface area contributed by atoms with Gasteiger partial charge in [0.25, 0.3) is 0 Å². The first-order chi connectivity index (χ1) is 10.3. The first-order valence-corrected chi connectivity index (χ1v) is 7.00. The molecule has 0 atom stereocenters. The molecule has 21 heavy (non-hydrogen) atoms. The average Bonchev–Trinajstić information content (AvgIpc) is 3.11. The van der Waals surface area contributed by atoms with Crippen LogP contribution < -0.4 is 5.32 Å². The molecule has 104 valence electrons. The molecule has 0 unspecified atom stereocenters. The molecule has 2 heterocycles. The van der Waals surface area contributed by atoms with E-state index in [4.69, 9.17) is 0 Å². The van der Waals surface area contributed by atoms with Gasteiger partial charge in [0.05, 0.1) is 5.69 Å². The molecule has 4 rings (SSSR count). The number of hydrogen-bond donors (Lipinski definition) is 1. The van der Waals surface area contributed by atoms with E-state index in [0.717, 1.165) is 35.6 Å². The highest BCUT2D eigenvalue weighted by atomic mass is 19.1. The van der Waals surface area contributed by atoms with Gasteiger partial charge < -0.3 is 5.32 Å². The molecular formula is C17H14FN3. The molecule has 0 bridgehead atoms. The quantitative estimate of drug-likeness (QED) is 0.776. The van der Waals surface area contributed by atoms with Crippen LogP contribution in [0.3, 0.4) is 0 Å². The normalized spacial score (nSPS) is 13.0. The van der Waals surface area contributed by atoms with E-state index in [9.17, 15) is 4.39 Å². The fourth-order valence-corrected chi connectivity index (χ4v) is 2.80. The van der Waals surface area contributed by atoms with Gasteiger partial charge in [-0.3, -0.25) is 0 Å². The zero-order valence-corrected chi connectivity index (χ0v) is 11.4. The second-order valence-corrected chi connectivity index (χ2v) is 5.08. The number of nitrogens with zero attached hydrogens (tertiary/aromatic N) is 2. The lowest BCUT2D eigenvalue weighted by Gasteiger charge is -2.07. The number of nitrogens with one attached hydrogen (secondary N) is 1. The maximum atomic E-state index is 14.1. The van der Waals surface area contributed by atoms with E-state index >= 15 is 0 Å². The van der Waals surface area contributed by atoms with Crippen molar-refractivity contribution in [3.63, 3.8) is 0 Å². The highest BCUT2D eigenvalue weighted by molar-refractivity contribution is 5.72. The second kappa shape index (κ2) is 4.74. The number of aromatic nitrogens is 2. The Hall–Kier alpha value is -2.62. The van der Waals surface area contributed by atoms with Crippen LogP contribution in [0.15, 0.2) is 54.6 Å². The minimum absolute atomic E-state index is 0.267. The largest absolute Gasteiger partial charge is 0.369 e. The summed E-state index contributed by atoms with van der Waals surface area (Å²) in [5.41, 5.74) is 3.63. The Bertz CT molecular complexity index is 793. The fourth-order valence-electron chi connectivity index (χ4n) is 2.80. The van der Waals surface area contributed by atoms with Crippen molar-refractivity contribution >= 4 is 5.82 Å². The molecular weight excluding hydrogens is 265 g/mol. The third-order valence-electron chi connectivity index (χ3n) is 3.78. The van der Waals surface area contributed by atoms with Crippen molar-refractivity contribution in [1.29, 1.82) is 0 Å². The van der Waals surface area contributed by atoms with Crippen molar-refractivity contribution in [2.45, 2.75) is 6.42 Å². The predicted molar refractivity (Wildman–Crippen MR) is 81.2 cm³/mol. The molecule has 2 aromatic carbocycles. The first-order valence-electron chi connectivity index (χ1n) is 7.00. The van der Waals surface area contributed by atoms with E-state index in [1.807, 2.05) is 36.4 Å². The maximum Gasteiger partial charge on any atom is 0.148 e. The molecule has 0 saturated carbocycles. The summed E-state index contributed by atoms with van der Waals surface area (Å²) < 4.78 is 15.7. The molecule has 1 aliphatic rings. The van der Waals surface area contributed by atoms with Gasteiger partial charge in [-0.1, -0.05) is 42.5 Å². The van der Waals surface area contributed by atoms with Gasteiger partial charge in [0.15, 0.2) is 0 Å². The topological polar surface area (TPSA) is 29.9 Å². The summed E-state index contributed by atoms with van der Waals surface area (Å²) in [5.74, 6) is 0.634. The molecule has 3 aromatic rings. The molecule has 1 aromatic heterocycles. The van der Waals surface area contributed by atoms with Gasteiger partial charge in [0, 0.05) is 17.7 Å². The highest BCUT2D eigenvalue weighted by Crippen LogP contribution is 2.34. The zero-order chi connectivity index (χ0) is 14.2. The van der Waals surface area contributed by atoms with Gasteiger partial charge in [-0.25, -0.2) is 9.07 Å². The van der Waals surface area contributed by atoms with Crippen molar-refractivity contribution < 1.29 is 4.39 Å². The molecule has 0 aliphatic carbocycles. The van der Waals surface area contributed by atoms with Crippen molar-refractivity contribution in [3.05, 3.63) is 66.0 Å². The maximum absolute atomic E-state index is 14.1. The Morgan fingerprint density at radius 3 is 2.57 bits per heavy atom. The van der Waals surface area contributed by atoms with E-state index in [2.05, 4.69) is 10.4 Å². The van der Waals surface area contributed by atoms with Crippen molar-refractivity contribution in [3.8, 4) is 16.9 Å². The Kier molecular flexibility index (Phi) is 2.74. The van der Waals surface area contributed by atoms with Gasteiger partial charge in [-0.05, 0) is 18.6 Å². The molecule has 4 heteroatoms. The molecule has 1 N–H and O–H groups in total. The Balaban J connectivity index is 1.93. The second-order valence-electron chi connectivity index (χ2n) is 5.08. The summed E-state index contributed by atoms with van der Waals surface area (Å²) in [6, 6.07) is 16.8. The van der Waals surface area contributed by atoms with E-state index in [1.54, 1.807) is 16.8 Å². The molecule has 0 radical (unpaired) electrons. The van der Waals surface area contributed by atoms with Crippen LogP contribution in [0.5, 0.6) is 0 Å². The monoisotopic (exact) mass is 279 g/mol. The number of benzene rings is 2. The Morgan fingerprint density at radius 2 is 1.76 bits per heavy atom. The number of halogens is 1. The van der Waals surface area contributed by atoms with Crippen molar-refractivity contribution in [1.82, 2.24) is 9.78 Å². The Labute approximate surface area is 122 Å². The highest BCUT2D eigenvalue weighted by Gasteiger charge is 2.24. The van der Waals surface area contributed by atoms with E-state index in [1.165, 1.54) is 6.07 Å². The summed E-state index contributed by atoms with van der Waals surface area (Å²) >= 11 is 0. The van der Waals surface area contributed by atoms with Crippen LogP contribution in [0.2, 0.25) is 0 Å². The van der Waals surface area contributed by atoms with Crippen LogP contribution >= 0.6 is 0 Å². The van der Waals surface area contributed by atoms with Crippen molar-refractivity contribution in [2.75, 3.05) is 11.9 Å². The van der Waals surface area contributed by atoms with E-state index < -0.39 is 0 Å². The lowest BCUT2D eigenvalue weighted by Crippen LogP contribution is -2.05. The number of rotatable bonds is 2. The fraction of sp³-hybridized carbons (Fsp3) is 0.118. The summed E-state index contributed by atoms with van der Waals surface area (Å²) in [6.07, 6.45) is 0.911. The van der Waals surface area contributed by atoms with Crippen molar-refractivity contribution in [2.24, 2.45) is 0 Å². The molecule has 0 saturated heterocycles. The number of hydrogen-bond acceptors (Lipinski definition) is 2. The molecule has 0 spiro atoms.